The van der Waals surface area contributed by atoms with Crippen molar-refractivity contribution in [2.24, 2.45) is 5.92 Å². The molecule has 1 aliphatic carbocycles. The number of ether oxygens (including phenoxy) is 1. The van der Waals surface area contributed by atoms with Crippen LogP contribution in [0.1, 0.15) is 46.0 Å². The minimum atomic E-state index is 0.414. The van der Waals surface area contributed by atoms with Crippen molar-refractivity contribution in [2.75, 3.05) is 32.8 Å². The van der Waals surface area contributed by atoms with Gasteiger partial charge in [-0.2, -0.15) is 0 Å². The number of nitrogens with one attached hydrogen (secondary N) is 1. The average Bonchev–Trinajstić information content (AvgIpc) is 3.19. The fraction of sp³-hybridized carbons (Fsp3) is 1.00. The Labute approximate surface area is 112 Å². The smallest absolute Gasteiger partial charge is 0.0855 e. The summed E-state index contributed by atoms with van der Waals surface area (Å²) in [6.07, 6.45) is 7.09. The van der Waals surface area contributed by atoms with Crippen LogP contribution in [0, 0.1) is 5.92 Å². The normalized spacial score (nSPS) is 27.3. The van der Waals surface area contributed by atoms with Gasteiger partial charge in [0.05, 0.1) is 12.7 Å². The van der Waals surface area contributed by atoms with Crippen LogP contribution in [-0.2, 0) is 4.74 Å². The molecule has 2 rings (SSSR count). The SMILES string of the molecule is CCCNC(CC1CC1)C1CN(CCC)CCO1. The van der Waals surface area contributed by atoms with E-state index < -0.39 is 0 Å². The van der Waals surface area contributed by atoms with E-state index in [-0.39, 0.29) is 0 Å². The molecule has 1 saturated heterocycles. The van der Waals surface area contributed by atoms with Crippen LogP contribution in [-0.4, -0.2) is 49.8 Å². The third-order valence-corrected chi connectivity index (χ3v) is 4.11. The van der Waals surface area contributed by atoms with Crippen molar-refractivity contribution in [3.05, 3.63) is 0 Å². The lowest BCUT2D eigenvalue weighted by atomic mass is 10.0. The molecule has 3 heteroatoms. The Hall–Kier alpha value is -0.120. The van der Waals surface area contributed by atoms with Gasteiger partial charge in [-0.15, -0.1) is 0 Å². The summed E-state index contributed by atoms with van der Waals surface area (Å²) in [5.74, 6) is 0.976. The average molecular weight is 254 g/mol. The van der Waals surface area contributed by atoms with E-state index in [4.69, 9.17) is 4.74 Å². The van der Waals surface area contributed by atoms with Crippen LogP contribution in [0.5, 0.6) is 0 Å². The summed E-state index contributed by atoms with van der Waals surface area (Å²) in [4.78, 5) is 2.57. The predicted molar refractivity (Wildman–Crippen MR) is 75.9 cm³/mol. The zero-order chi connectivity index (χ0) is 12.8. The second kappa shape index (κ2) is 7.46. The van der Waals surface area contributed by atoms with E-state index in [1.807, 2.05) is 0 Å². The van der Waals surface area contributed by atoms with E-state index in [0.717, 1.165) is 32.2 Å². The van der Waals surface area contributed by atoms with Crippen molar-refractivity contribution in [1.29, 1.82) is 0 Å². The maximum Gasteiger partial charge on any atom is 0.0855 e. The molecule has 0 amide bonds. The Morgan fingerprint density at radius 1 is 1.28 bits per heavy atom. The second-order valence-electron chi connectivity index (χ2n) is 5.95. The van der Waals surface area contributed by atoms with Crippen LogP contribution in [0.25, 0.3) is 0 Å². The Morgan fingerprint density at radius 3 is 2.78 bits per heavy atom. The Kier molecular flexibility index (Phi) is 5.93. The van der Waals surface area contributed by atoms with E-state index in [9.17, 15) is 0 Å². The highest BCUT2D eigenvalue weighted by molar-refractivity contribution is 4.88. The summed E-state index contributed by atoms with van der Waals surface area (Å²) in [5, 5.41) is 3.72. The van der Waals surface area contributed by atoms with Crippen molar-refractivity contribution in [1.82, 2.24) is 10.2 Å². The van der Waals surface area contributed by atoms with Crippen LogP contribution in [0.2, 0.25) is 0 Å². The molecule has 2 atom stereocenters. The molecule has 0 aromatic rings. The third kappa shape index (κ3) is 4.52. The minimum Gasteiger partial charge on any atom is -0.374 e. The van der Waals surface area contributed by atoms with E-state index in [1.165, 1.54) is 38.6 Å². The van der Waals surface area contributed by atoms with Crippen LogP contribution in [0.3, 0.4) is 0 Å². The Balaban J connectivity index is 1.82. The van der Waals surface area contributed by atoms with Crippen molar-refractivity contribution >= 4 is 0 Å². The molecule has 1 saturated carbocycles. The minimum absolute atomic E-state index is 0.414. The predicted octanol–water partition coefficient (Wildman–Crippen LogP) is 2.27. The standard InChI is InChI=1S/C15H30N2O/c1-3-7-16-14(11-13-5-6-13)15-12-17(8-4-2)9-10-18-15/h13-16H,3-12H2,1-2H3. The molecule has 1 heterocycles. The second-order valence-corrected chi connectivity index (χ2v) is 5.95. The van der Waals surface area contributed by atoms with Gasteiger partial charge >= 0.3 is 0 Å². The number of morpholine rings is 1. The highest BCUT2D eigenvalue weighted by Crippen LogP contribution is 2.34. The number of hydrogen-bond donors (Lipinski definition) is 1. The molecule has 1 aliphatic heterocycles. The molecule has 0 aromatic heterocycles. The largest absolute Gasteiger partial charge is 0.374 e. The van der Waals surface area contributed by atoms with Crippen molar-refractivity contribution in [3.8, 4) is 0 Å². The van der Waals surface area contributed by atoms with Crippen LogP contribution < -0.4 is 5.32 Å². The van der Waals surface area contributed by atoms with Gasteiger partial charge in [0.1, 0.15) is 0 Å². The number of hydrogen-bond acceptors (Lipinski definition) is 3. The molecular formula is C15H30N2O. The fourth-order valence-electron chi connectivity index (χ4n) is 2.90. The molecule has 0 bridgehead atoms. The van der Waals surface area contributed by atoms with Crippen LogP contribution in [0.15, 0.2) is 0 Å². The topological polar surface area (TPSA) is 24.5 Å². The lowest BCUT2D eigenvalue weighted by Gasteiger charge is -2.37. The van der Waals surface area contributed by atoms with Gasteiger partial charge in [0.15, 0.2) is 0 Å². The zero-order valence-corrected chi connectivity index (χ0v) is 12.2. The summed E-state index contributed by atoms with van der Waals surface area (Å²) >= 11 is 0. The molecule has 0 radical (unpaired) electrons. The molecule has 18 heavy (non-hydrogen) atoms. The fourth-order valence-corrected chi connectivity index (χ4v) is 2.90. The van der Waals surface area contributed by atoms with Gasteiger partial charge in [-0.1, -0.05) is 26.7 Å². The van der Waals surface area contributed by atoms with E-state index in [2.05, 4.69) is 24.1 Å². The first-order valence-corrected chi connectivity index (χ1v) is 7.90. The number of rotatable bonds is 8. The van der Waals surface area contributed by atoms with E-state index in [0.29, 0.717) is 12.1 Å². The molecule has 0 aromatic carbocycles. The molecule has 2 fully saturated rings. The Morgan fingerprint density at radius 2 is 2.11 bits per heavy atom. The van der Waals surface area contributed by atoms with Crippen molar-refractivity contribution in [3.63, 3.8) is 0 Å². The monoisotopic (exact) mass is 254 g/mol. The maximum atomic E-state index is 6.04. The molecule has 106 valence electrons. The lowest BCUT2D eigenvalue weighted by molar-refractivity contribution is -0.0483. The highest BCUT2D eigenvalue weighted by Gasteiger charge is 2.32. The molecule has 2 unspecified atom stereocenters. The van der Waals surface area contributed by atoms with E-state index in [1.54, 1.807) is 0 Å². The van der Waals surface area contributed by atoms with Gasteiger partial charge in [-0.05, 0) is 38.3 Å². The van der Waals surface area contributed by atoms with Gasteiger partial charge in [0.2, 0.25) is 0 Å². The van der Waals surface area contributed by atoms with Gasteiger partial charge in [0, 0.05) is 19.1 Å². The molecule has 2 aliphatic rings. The first kappa shape index (κ1) is 14.3. The van der Waals surface area contributed by atoms with Crippen LogP contribution in [0.4, 0.5) is 0 Å². The molecule has 3 nitrogen and oxygen atoms in total. The highest BCUT2D eigenvalue weighted by atomic mass is 16.5. The number of nitrogens with zero attached hydrogens (tertiary/aromatic N) is 1. The lowest BCUT2D eigenvalue weighted by Crippen LogP contribution is -2.52. The zero-order valence-electron chi connectivity index (χ0n) is 12.2. The summed E-state index contributed by atoms with van der Waals surface area (Å²) in [5.41, 5.74) is 0. The van der Waals surface area contributed by atoms with Gasteiger partial charge < -0.3 is 10.1 Å². The summed E-state index contributed by atoms with van der Waals surface area (Å²) < 4.78 is 6.04. The summed E-state index contributed by atoms with van der Waals surface area (Å²) in [6.45, 7) is 10.0. The molecule has 0 spiro atoms. The van der Waals surface area contributed by atoms with Gasteiger partial charge in [-0.3, -0.25) is 4.90 Å². The summed E-state index contributed by atoms with van der Waals surface area (Å²) in [7, 11) is 0. The van der Waals surface area contributed by atoms with Gasteiger partial charge in [-0.25, -0.2) is 0 Å². The van der Waals surface area contributed by atoms with Crippen molar-refractivity contribution < 1.29 is 4.74 Å². The first-order valence-electron chi connectivity index (χ1n) is 7.90. The maximum absolute atomic E-state index is 6.04. The quantitative estimate of drug-likeness (QED) is 0.719. The summed E-state index contributed by atoms with van der Waals surface area (Å²) in [6, 6.07) is 0.581. The van der Waals surface area contributed by atoms with E-state index >= 15 is 0 Å². The Bertz CT molecular complexity index is 229. The van der Waals surface area contributed by atoms with Gasteiger partial charge in [0.25, 0.3) is 0 Å². The van der Waals surface area contributed by atoms with Crippen molar-refractivity contribution in [2.45, 2.75) is 58.1 Å². The molecule has 1 N–H and O–H groups in total. The van der Waals surface area contributed by atoms with Crippen LogP contribution >= 0.6 is 0 Å². The first-order chi connectivity index (χ1) is 8.83. The third-order valence-electron chi connectivity index (χ3n) is 4.11. The molecular weight excluding hydrogens is 224 g/mol.